The van der Waals surface area contributed by atoms with Crippen LogP contribution in [0.15, 0.2) is 23.6 Å². The lowest BCUT2D eigenvalue weighted by Gasteiger charge is -2.14. The van der Waals surface area contributed by atoms with Gasteiger partial charge in [-0.2, -0.15) is 0 Å². The first-order valence-electron chi connectivity index (χ1n) is 5.78. The summed E-state index contributed by atoms with van der Waals surface area (Å²) in [6.07, 6.45) is 0.618. The molecule has 2 rings (SSSR count). The number of hydrogen-bond acceptors (Lipinski definition) is 3. The maximum absolute atomic E-state index is 9.78. The van der Waals surface area contributed by atoms with E-state index in [4.69, 9.17) is 11.6 Å². The van der Waals surface area contributed by atoms with Gasteiger partial charge in [-0.25, -0.2) is 4.98 Å². The van der Waals surface area contributed by atoms with Crippen molar-refractivity contribution in [3.8, 4) is 5.75 Å². The van der Waals surface area contributed by atoms with Gasteiger partial charge >= 0.3 is 0 Å². The van der Waals surface area contributed by atoms with E-state index in [-0.39, 0.29) is 11.2 Å². The van der Waals surface area contributed by atoms with Crippen LogP contribution in [0, 0.1) is 0 Å². The van der Waals surface area contributed by atoms with Gasteiger partial charge in [-0.3, -0.25) is 0 Å². The highest BCUT2D eigenvalue weighted by molar-refractivity contribution is 7.09. The molecule has 4 heteroatoms. The predicted octanol–water partition coefficient (Wildman–Crippen LogP) is 4.39. The highest BCUT2D eigenvalue weighted by Gasteiger charge is 2.17. The second kappa shape index (κ2) is 4.90. The monoisotopic (exact) mass is 281 g/mol. The van der Waals surface area contributed by atoms with E-state index in [1.54, 1.807) is 29.5 Å². The second-order valence-corrected chi connectivity index (χ2v) is 6.71. The van der Waals surface area contributed by atoms with Crippen LogP contribution in [0.4, 0.5) is 0 Å². The van der Waals surface area contributed by atoms with Gasteiger partial charge in [-0.15, -0.1) is 11.3 Å². The van der Waals surface area contributed by atoms with Gasteiger partial charge in [0.1, 0.15) is 5.75 Å². The van der Waals surface area contributed by atoms with E-state index in [1.165, 1.54) is 0 Å². The number of thiazole rings is 1. The van der Waals surface area contributed by atoms with Crippen molar-refractivity contribution in [1.29, 1.82) is 0 Å². The lowest BCUT2D eigenvalue weighted by atomic mass is 9.93. The van der Waals surface area contributed by atoms with E-state index in [2.05, 4.69) is 31.1 Å². The van der Waals surface area contributed by atoms with Crippen molar-refractivity contribution >= 4 is 22.9 Å². The van der Waals surface area contributed by atoms with Gasteiger partial charge in [0.25, 0.3) is 0 Å². The summed E-state index contributed by atoms with van der Waals surface area (Å²) in [5, 5.41) is 13.5. The molecule has 1 aromatic heterocycles. The molecule has 1 N–H and O–H groups in total. The third-order valence-electron chi connectivity index (χ3n) is 2.70. The third-order valence-corrected chi connectivity index (χ3v) is 3.79. The van der Waals surface area contributed by atoms with Gasteiger partial charge in [0, 0.05) is 27.8 Å². The summed E-state index contributed by atoms with van der Waals surface area (Å²) >= 11 is 7.55. The molecular formula is C14H16ClNOS. The lowest BCUT2D eigenvalue weighted by molar-refractivity contribution is 0.469. The van der Waals surface area contributed by atoms with Crippen LogP contribution >= 0.6 is 22.9 Å². The number of aromatic nitrogens is 1. The Labute approximate surface area is 116 Å². The minimum Gasteiger partial charge on any atom is -0.508 e. The number of halogens is 1. The molecule has 0 amide bonds. The Morgan fingerprint density at radius 3 is 2.67 bits per heavy atom. The van der Waals surface area contributed by atoms with Gasteiger partial charge < -0.3 is 5.11 Å². The fraction of sp³-hybridized carbons (Fsp3) is 0.357. The van der Waals surface area contributed by atoms with Crippen molar-refractivity contribution < 1.29 is 5.11 Å². The minimum absolute atomic E-state index is 0.0606. The average Bonchev–Trinajstić information content (AvgIpc) is 2.71. The molecule has 0 aliphatic carbocycles. The Morgan fingerprint density at radius 1 is 1.33 bits per heavy atom. The first-order chi connectivity index (χ1) is 8.36. The summed E-state index contributed by atoms with van der Waals surface area (Å²) in [7, 11) is 0. The quantitative estimate of drug-likeness (QED) is 0.885. The number of benzene rings is 1. The Bertz CT molecular complexity index is 557. The molecule has 0 bridgehead atoms. The molecule has 2 aromatic rings. The van der Waals surface area contributed by atoms with Gasteiger partial charge in [0.15, 0.2) is 0 Å². The van der Waals surface area contributed by atoms with Crippen molar-refractivity contribution in [2.45, 2.75) is 32.6 Å². The summed E-state index contributed by atoms with van der Waals surface area (Å²) in [5.74, 6) is 0.270. The maximum Gasteiger partial charge on any atom is 0.119 e. The number of phenols is 1. The first-order valence-corrected chi connectivity index (χ1v) is 7.04. The van der Waals surface area contributed by atoms with Crippen LogP contribution in [0.1, 0.15) is 37.0 Å². The standard InChI is InChI=1S/C14H16ClNOS/c1-14(2,3)12-8-18-13(16-12)7-9-6-10(15)4-5-11(9)17/h4-6,8,17H,7H2,1-3H3. The average molecular weight is 282 g/mol. The molecule has 0 fully saturated rings. The van der Waals surface area contributed by atoms with Crippen LogP contribution < -0.4 is 0 Å². The highest BCUT2D eigenvalue weighted by Crippen LogP contribution is 2.28. The van der Waals surface area contributed by atoms with E-state index in [0.29, 0.717) is 11.4 Å². The Hall–Kier alpha value is -1.06. The zero-order chi connectivity index (χ0) is 13.3. The molecule has 0 atom stereocenters. The minimum atomic E-state index is 0.0606. The number of nitrogens with zero attached hydrogens (tertiary/aromatic N) is 1. The van der Waals surface area contributed by atoms with E-state index in [0.717, 1.165) is 16.3 Å². The fourth-order valence-electron chi connectivity index (χ4n) is 1.60. The van der Waals surface area contributed by atoms with Crippen LogP contribution in [-0.2, 0) is 11.8 Å². The van der Waals surface area contributed by atoms with E-state index in [1.807, 2.05) is 0 Å². The third kappa shape index (κ3) is 3.03. The number of rotatable bonds is 2. The van der Waals surface area contributed by atoms with Crippen molar-refractivity contribution in [2.75, 3.05) is 0 Å². The second-order valence-electron chi connectivity index (χ2n) is 5.33. The van der Waals surface area contributed by atoms with E-state index >= 15 is 0 Å². The van der Waals surface area contributed by atoms with Gasteiger partial charge in [0.2, 0.25) is 0 Å². The summed E-state index contributed by atoms with van der Waals surface area (Å²) in [5.41, 5.74) is 1.96. The summed E-state index contributed by atoms with van der Waals surface area (Å²) in [6, 6.07) is 5.09. The van der Waals surface area contributed by atoms with Gasteiger partial charge in [-0.05, 0) is 18.2 Å². The summed E-state index contributed by atoms with van der Waals surface area (Å²) < 4.78 is 0. The molecule has 0 saturated heterocycles. The van der Waals surface area contributed by atoms with Crippen LogP contribution in [0.25, 0.3) is 0 Å². The van der Waals surface area contributed by atoms with Crippen molar-refractivity contribution in [3.63, 3.8) is 0 Å². The molecule has 0 unspecified atom stereocenters. The molecule has 18 heavy (non-hydrogen) atoms. The van der Waals surface area contributed by atoms with E-state index in [9.17, 15) is 5.11 Å². The van der Waals surface area contributed by atoms with Crippen LogP contribution in [-0.4, -0.2) is 10.1 Å². The Kier molecular flexibility index (Phi) is 3.64. The summed E-state index contributed by atoms with van der Waals surface area (Å²) in [4.78, 5) is 4.61. The van der Waals surface area contributed by atoms with Crippen molar-refractivity contribution in [3.05, 3.63) is 44.9 Å². The molecule has 2 nitrogen and oxygen atoms in total. The maximum atomic E-state index is 9.78. The fourth-order valence-corrected chi connectivity index (χ4v) is 2.83. The largest absolute Gasteiger partial charge is 0.508 e. The molecule has 1 aromatic carbocycles. The van der Waals surface area contributed by atoms with Gasteiger partial charge in [0.05, 0.1) is 10.7 Å². The van der Waals surface area contributed by atoms with Crippen LogP contribution in [0.5, 0.6) is 5.75 Å². The molecule has 0 aliphatic rings. The number of phenolic OH excluding ortho intramolecular Hbond substituents is 1. The zero-order valence-corrected chi connectivity index (χ0v) is 12.3. The molecule has 1 heterocycles. The molecule has 0 radical (unpaired) electrons. The lowest BCUT2D eigenvalue weighted by Crippen LogP contribution is -2.11. The molecule has 0 aliphatic heterocycles. The van der Waals surface area contributed by atoms with Crippen LogP contribution in [0.2, 0.25) is 5.02 Å². The number of aromatic hydroxyl groups is 1. The Balaban J connectivity index is 2.24. The smallest absolute Gasteiger partial charge is 0.119 e. The SMILES string of the molecule is CC(C)(C)c1csc(Cc2cc(Cl)ccc2O)n1. The van der Waals surface area contributed by atoms with Crippen LogP contribution in [0.3, 0.4) is 0 Å². The number of hydrogen-bond donors (Lipinski definition) is 1. The predicted molar refractivity (Wildman–Crippen MR) is 76.7 cm³/mol. The van der Waals surface area contributed by atoms with Gasteiger partial charge in [-0.1, -0.05) is 32.4 Å². The zero-order valence-electron chi connectivity index (χ0n) is 10.7. The normalized spacial score (nSPS) is 11.8. The van der Waals surface area contributed by atoms with Crippen molar-refractivity contribution in [1.82, 2.24) is 4.98 Å². The Morgan fingerprint density at radius 2 is 2.06 bits per heavy atom. The summed E-state index contributed by atoms with van der Waals surface area (Å²) in [6.45, 7) is 6.42. The molecule has 96 valence electrons. The first kappa shape index (κ1) is 13.4. The topological polar surface area (TPSA) is 33.1 Å². The highest BCUT2D eigenvalue weighted by atomic mass is 35.5. The van der Waals surface area contributed by atoms with E-state index < -0.39 is 0 Å². The molecule has 0 saturated carbocycles. The molecule has 0 spiro atoms. The van der Waals surface area contributed by atoms with Crippen molar-refractivity contribution in [2.24, 2.45) is 0 Å². The molecular weight excluding hydrogens is 266 g/mol.